The van der Waals surface area contributed by atoms with Gasteiger partial charge in [0.1, 0.15) is 0 Å². The maximum Gasteiger partial charge on any atom is 0.339 e. The van der Waals surface area contributed by atoms with Crippen LogP contribution in [0.3, 0.4) is 0 Å². The van der Waals surface area contributed by atoms with Gasteiger partial charge in [-0.2, -0.15) is 0 Å². The predicted molar refractivity (Wildman–Crippen MR) is 123 cm³/mol. The molecule has 0 radical (unpaired) electrons. The Balaban J connectivity index is 1.73. The van der Waals surface area contributed by atoms with Gasteiger partial charge >= 0.3 is 5.97 Å². The number of halogens is 2. The lowest BCUT2D eigenvalue weighted by Gasteiger charge is -2.12. The minimum atomic E-state index is -0.547. The number of carbonyl (C=O) groups excluding carboxylic acids is 2. The van der Waals surface area contributed by atoms with Crippen LogP contribution in [0, 0.1) is 0 Å². The van der Waals surface area contributed by atoms with Crippen LogP contribution in [-0.2, 0) is 4.74 Å². The number of hydrogen-bond acceptors (Lipinski definition) is 4. The molecule has 30 heavy (non-hydrogen) atoms. The van der Waals surface area contributed by atoms with Gasteiger partial charge in [-0.15, -0.1) is 11.3 Å². The summed E-state index contributed by atoms with van der Waals surface area (Å²) in [5.74, 6) is -0.996. The van der Waals surface area contributed by atoms with Gasteiger partial charge in [0.2, 0.25) is 0 Å². The molecular formula is C23H15Cl2NO3S. The Hall–Kier alpha value is -2.86. The molecule has 7 heteroatoms. The average molecular weight is 456 g/mol. The first-order chi connectivity index (χ1) is 14.5. The van der Waals surface area contributed by atoms with E-state index in [0.717, 1.165) is 21.2 Å². The molecule has 0 aliphatic heterocycles. The molecule has 1 N–H and O–H groups in total. The lowest BCUT2D eigenvalue weighted by molar-refractivity contribution is 0.0602. The smallest absolute Gasteiger partial charge is 0.339 e. The number of carbonyl (C=O) groups is 2. The van der Waals surface area contributed by atoms with Crippen molar-refractivity contribution in [3.05, 3.63) is 87.2 Å². The van der Waals surface area contributed by atoms with Gasteiger partial charge in [-0.1, -0.05) is 47.5 Å². The van der Waals surface area contributed by atoms with Crippen LogP contribution in [0.5, 0.6) is 0 Å². The second kappa shape index (κ2) is 8.48. The van der Waals surface area contributed by atoms with Crippen molar-refractivity contribution in [1.82, 2.24) is 0 Å². The molecular weight excluding hydrogens is 441 g/mol. The van der Waals surface area contributed by atoms with Gasteiger partial charge in [-0.05, 0) is 47.3 Å². The summed E-state index contributed by atoms with van der Waals surface area (Å²) in [5.41, 5.74) is 2.71. The summed E-state index contributed by atoms with van der Waals surface area (Å²) in [5, 5.41) is 6.55. The number of ether oxygens (including phenoxy) is 1. The molecule has 1 aromatic heterocycles. The number of nitrogens with one attached hydrogen (secondary N) is 1. The molecule has 0 aliphatic carbocycles. The zero-order chi connectivity index (χ0) is 21.3. The minimum Gasteiger partial charge on any atom is -0.465 e. The first kappa shape index (κ1) is 20.4. The molecule has 0 saturated carbocycles. The van der Waals surface area contributed by atoms with E-state index in [1.54, 1.807) is 29.5 Å². The molecule has 0 spiro atoms. The molecule has 4 aromatic rings. The number of esters is 1. The van der Waals surface area contributed by atoms with Gasteiger partial charge in [-0.3, -0.25) is 4.79 Å². The maximum atomic E-state index is 12.7. The van der Waals surface area contributed by atoms with Gasteiger partial charge in [-0.25, -0.2) is 4.79 Å². The first-order valence-electron chi connectivity index (χ1n) is 8.93. The van der Waals surface area contributed by atoms with Crippen molar-refractivity contribution < 1.29 is 14.3 Å². The van der Waals surface area contributed by atoms with Crippen LogP contribution in [-0.4, -0.2) is 19.0 Å². The molecule has 0 saturated heterocycles. The third kappa shape index (κ3) is 3.92. The van der Waals surface area contributed by atoms with Crippen LogP contribution in [0.2, 0.25) is 10.0 Å². The van der Waals surface area contributed by atoms with E-state index in [2.05, 4.69) is 11.4 Å². The molecule has 3 aromatic carbocycles. The Kier molecular flexibility index (Phi) is 5.77. The fourth-order valence-electron chi connectivity index (χ4n) is 3.16. The van der Waals surface area contributed by atoms with Crippen LogP contribution in [0.25, 0.3) is 21.2 Å². The second-order valence-corrected chi connectivity index (χ2v) is 8.23. The Labute approximate surface area is 187 Å². The summed E-state index contributed by atoms with van der Waals surface area (Å²) in [6, 6.07) is 17.9. The zero-order valence-corrected chi connectivity index (χ0v) is 18.1. The molecule has 0 aliphatic rings. The molecule has 4 rings (SSSR count). The van der Waals surface area contributed by atoms with Crippen LogP contribution in [0.4, 0.5) is 5.69 Å². The fraction of sp³-hybridized carbons (Fsp3) is 0.0435. The molecule has 0 bridgehead atoms. The summed E-state index contributed by atoms with van der Waals surface area (Å²) in [4.78, 5) is 25.1. The Morgan fingerprint density at radius 2 is 1.77 bits per heavy atom. The molecule has 4 nitrogen and oxygen atoms in total. The number of fused-ring (bicyclic) bond motifs is 1. The summed E-state index contributed by atoms with van der Waals surface area (Å²) in [6.07, 6.45) is 0. The summed E-state index contributed by atoms with van der Waals surface area (Å²) < 4.78 is 6.09. The maximum absolute atomic E-state index is 12.7. The van der Waals surface area contributed by atoms with Gasteiger partial charge < -0.3 is 10.1 Å². The van der Waals surface area contributed by atoms with E-state index in [-0.39, 0.29) is 16.1 Å². The highest BCUT2D eigenvalue weighted by Crippen LogP contribution is 2.35. The third-order valence-electron chi connectivity index (χ3n) is 4.64. The van der Waals surface area contributed by atoms with Crippen LogP contribution >= 0.6 is 34.5 Å². The predicted octanol–water partition coefficient (Wildman–Crippen LogP) is 6.91. The molecule has 1 amide bonds. The van der Waals surface area contributed by atoms with E-state index in [4.69, 9.17) is 27.9 Å². The molecule has 0 fully saturated rings. The highest BCUT2D eigenvalue weighted by atomic mass is 35.5. The lowest BCUT2D eigenvalue weighted by Crippen LogP contribution is -2.16. The Morgan fingerprint density at radius 3 is 2.53 bits per heavy atom. The number of methoxy groups -OCH3 is 1. The monoisotopic (exact) mass is 455 g/mol. The fourth-order valence-corrected chi connectivity index (χ4v) is 4.63. The van der Waals surface area contributed by atoms with E-state index in [0.29, 0.717) is 10.7 Å². The van der Waals surface area contributed by atoms with Crippen molar-refractivity contribution in [2.75, 3.05) is 12.4 Å². The van der Waals surface area contributed by atoms with Crippen molar-refractivity contribution in [2.45, 2.75) is 0 Å². The van der Waals surface area contributed by atoms with E-state index in [1.165, 1.54) is 19.2 Å². The van der Waals surface area contributed by atoms with Crippen LogP contribution < -0.4 is 5.32 Å². The first-order valence-corrected chi connectivity index (χ1v) is 10.6. The molecule has 0 unspecified atom stereocenters. The molecule has 0 atom stereocenters. The molecule has 1 heterocycles. The number of hydrogen-bond donors (Lipinski definition) is 1. The quantitative estimate of drug-likeness (QED) is 0.340. The van der Waals surface area contributed by atoms with Gasteiger partial charge in [0.05, 0.1) is 28.9 Å². The van der Waals surface area contributed by atoms with Crippen molar-refractivity contribution in [3.63, 3.8) is 0 Å². The van der Waals surface area contributed by atoms with Crippen molar-refractivity contribution in [2.24, 2.45) is 0 Å². The second-order valence-electron chi connectivity index (χ2n) is 6.48. The van der Waals surface area contributed by atoms with Crippen LogP contribution in [0.15, 0.2) is 66.0 Å². The van der Waals surface area contributed by atoms with E-state index in [1.807, 2.05) is 29.6 Å². The minimum absolute atomic E-state index is 0.223. The summed E-state index contributed by atoms with van der Waals surface area (Å²) in [7, 11) is 1.30. The highest BCUT2D eigenvalue weighted by molar-refractivity contribution is 7.17. The standard InChI is InChI=1S/C23H15Cl2NO3S/c1-29-23(28)17-10-13(18-12-30-21-5-3-2-4-15(18)21)6-9-20(17)26-22(27)16-8-7-14(24)11-19(16)25/h2-12H,1H3,(H,26,27). The van der Waals surface area contributed by atoms with Crippen molar-refractivity contribution >= 4 is 62.2 Å². The summed E-state index contributed by atoms with van der Waals surface area (Å²) in [6.45, 7) is 0. The van der Waals surface area contributed by atoms with Gasteiger partial charge in [0.15, 0.2) is 0 Å². The topological polar surface area (TPSA) is 55.4 Å². The average Bonchev–Trinajstić information content (AvgIpc) is 3.17. The number of rotatable bonds is 4. The van der Waals surface area contributed by atoms with Crippen molar-refractivity contribution in [1.29, 1.82) is 0 Å². The SMILES string of the molecule is COC(=O)c1cc(-c2csc3ccccc23)ccc1NC(=O)c1ccc(Cl)cc1Cl. The third-order valence-corrected chi connectivity index (χ3v) is 6.15. The van der Waals surface area contributed by atoms with E-state index in [9.17, 15) is 9.59 Å². The Bertz CT molecular complexity index is 1280. The summed E-state index contributed by atoms with van der Waals surface area (Å²) >= 11 is 13.7. The zero-order valence-electron chi connectivity index (χ0n) is 15.7. The number of anilines is 1. The van der Waals surface area contributed by atoms with Gasteiger partial charge in [0, 0.05) is 20.7 Å². The van der Waals surface area contributed by atoms with Gasteiger partial charge in [0.25, 0.3) is 5.91 Å². The van der Waals surface area contributed by atoms with Crippen molar-refractivity contribution in [3.8, 4) is 11.1 Å². The number of thiophene rings is 1. The van der Waals surface area contributed by atoms with Crippen LogP contribution in [0.1, 0.15) is 20.7 Å². The van der Waals surface area contributed by atoms with E-state index < -0.39 is 11.9 Å². The largest absolute Gasteiger partial charge is 0.465 e. The Morgan fingerprint density at radius 1 is 0.967 bits per heavy atom. The lowest BCUT2D eigenvalue weighted by atomic mass is 10.0. The molecule has 150 valence electrons. The van der Waals surface area contributed by atoms with E-state index >= 15 is 0 Å². The number of benzene rings is 3. The normalized spacial score (nSPS) is 10.8. The highest BCUT2D eigenvalue weighted by Gasteiger charge is 2.18. The number of amides is 1.